The molecule has 5 heteroatoms. The first kappa shape index (κ1) is 13.9. The molecule has 1 aliphatic rings. The lowest BCUT2D eigenvalue weighted by Crippen LogP contribution is -2.26. The van der Waals surface area contributed by atoms with E-state index < -0.39 is 0 Å². The maximum atomic E-state index is 4.65. The quantitative estimate of drug-likeness (QED) is 0.678. The van der Waals surface area contributed by atoms with Crippen LogP contribution in [0.1, 0.15) is 24.2 Å². The number of hydrogen-bond acceptors (Lipinski definition) is 4. The topological polar surface area (TPSA) is 49.0 Å². The Labute approximate surface area is 117 Å². The van der Waals surface area contributed by atoms with Crippen LogP contribution in [-0.4, -0.2) is 31.2 Å². The molecule has 0 fully saturated rings. The lowest BCUT2D eigenvalue weighted by Gasteiger charge is -2.11. The summed E-state index contributed by atoms with van der Waals surface area (Å²) in [4.78, 5) is 4.65. The fourth-order valence-electron chi connectivity index (χ4n) is 2.02. The van der Waals surface area contributed by atoms with Crippen LogP contribution < -0.4 is 16.0 Å². The van der Waals surface area contributed by atoms with Gasteiger partial charge in [0.25, 0.3) is 0 Å². The van der Waals surface area contributed by atoms with Gasteiger partial charge in [-0.1, -0.05) is 15.9 Å². The molecule has 0 radical (unpaired) electrons. The molecule has 1 aromatic rings. The van der Waals surface area contributed by atoms with Crippen molar-refractivity contribution in [2.24, 2.45) is 0 Å². The van der Waals surface area contributed by atoms with Gasteiger partial charge in [-0.25, -0.2) is 0 Å². The zero-order valence-electron chi connectivity index (χ0n) is 10.6. The summed E-state index contributed by atoms with van der Waals surface area (Å²) in [6.45, 7) is 5.93. The van der Waals surface area contributed by atoms with Gasteiger partial charge in [-0.05, 0) is 51.2 Å². The average molecular weight is 313 g/mol. The van der Waals surface area contributed by atoms with Crippen LogP contribution in [0.2, 0.25) is 0 Å². The second-order valence-electron chi connectivity index (χ2n) is 4.58. The predicted octanol–water partition coefficient (Wildman–Crippen LogP) is 1.41. The van der Waals surface area contributed by atoms with Crippen molar-refractivity contribution in [3.8, 4) is 0 Å². The minimum atomic E-state index is 0.840. The van der Waals surface area contributed by atoms with E-state index in [2.05, 4.69) is 49.0 Å². The minimum absolute atomic E-state index is 0.840. The van der Waals surface area contributed by atoms with E-state index >= 15 is 0 Å². The highest BCUT2D eigenvalue weighted by Gasteiger charge is 2.02. The third kappa shape index (κ3) is 5.02. The van der Waals surface area contributed by atoms with Crippen molar-refractivity contribution >= 4 is 15.9 Å². The molecular formula is C13H21BrN4. The summed E-state index contributed by atoms with van der Waals surface area (Å²) in [6.07, 6.45) is 2.32. The number of halogens is 1. The van der Waals surface area contributed by atoms with Crippen molar-refractivity contribution in [1.29, 1.82) is 0 Å². The van der Waals surface area contributed by atoms with Crippen LogP contribution in [-0.2, 0) is 13.1 Å². The number of hydrogen-bond donors (Lipinski definition) is 3. The highest BCUT2D eigenvalue weighted by molar-refractivity contribution is 9.10. The van der Waals surface area contributed by atoms with Crippen LogP contribution in [0.15, 0.2) is 16.6 Å². The summed E-state index contributed by atoms with van der Waals surface area (Å²) in [6, 6.07) is 4.17. The molecule has 0 saturated carbocycles. The van der Waals surface area contributed by atoms with Crippen LogP contribution in [0.25, 0.3) is 0 Å². The van der Waals surface area contributed by atoms with Crippen molar-refractivity contribution in [3.63, 3.8) is 0 Å². The van der Waals surface area contributed by atoms with Crippen molar-refractivity contribution < 1.29 is 0 Å². The second-order valence-corrected chi connectivity index (χ2v) is 5.49. The Morgan fingerprint density at radius 3 is 1.89 bits per heavy atom. The first-order valence-corrected chi connectivity index (χ1v) is 7.41. The maximum absolute atomic E-state index is 4.65. The summed E-state index contributed by atoms with van der Waals surface area (Å²) in [5.74, 6) is 0. The lowest BCUT2D eigenvalue weighted by atomic mass is 10.2. The molecule has 18 heavy (non-hydrogen) atoms. The van der Waals surface area contributed by atoms with E-state index in [0.717, 1.165) is 68.0 Å². The molecule has 0 amide bonds. The van der Waals surface area contributed by atoms with Crippen molar-refractivity contribution in [2.75, 3.05) is 26.2 Å². The Morgan fingerprint density at radius 2 is 1.33 bits per heavy atom. The lowest BCUT2D eigenvalue weighted by molar-refractivity contribution is 0.554. The number of fused-ring (bicyclic) bond motifs is 2. The minimum Gasteiger partial charge on any atom is -0.317 e. The Kier molecular flexibility index (Phi) is 6.07. The van der Waals surface area contributed by atoms with Crippen LogP contribution in [0.4, 0.5) is 0 Å². The molecule has 2 rings (SSSR count). The summed E-state index contributed by atoms with van der Waals surface area (Å²) >= 11 is 3.55. The molecule has 0 aromatic carbocycles. The Hall–Kier alpha value is -0.490. The Morgan fingerprint density at radius 1 is 0.833 bits per heavy atom. The molecule has 0 unspecified atom stereocenters. The molecule has 1 aliphatic heterocycles. The summed E-state index contributed by atoms with van der Waals surface area (Å²) < 4.78 is 1.11. The summed E-state index contributed by atoms with van der Waals surface area (Å²) in [5.41, 5.74) is 2.21. The SMILES string of the molecule is Brc1cc2nc(c1)CNCCCNCCCNC2. The van der Waals surface area contributed by atoms with Gasteiger partial charge in [-0.3, -0.25) is 4.98 Å². The third-order valence-corrected chi connectivity index (χ3v) is 3.38. The molecule has 0 saturated heterocycles. The van der Waals surface area contributed by atoms with Gasteiger partial charge in [0, 0.05) is 17.6 Å². The van der Waals surface area contributed by atoms with Gasteiger partial charge in [-0.2, -0.15) is 0 Å². The molecule has 100 valence electrons. The molecule has 0 aliphatic carbocycles. The number of nitrogens with one attached hydrogen (secondary N) is 3. The molecule has 2 bridgehead atoms. The van der Waals surface area contributed by atoms with Gasteiger partial charge in [0.2, 0.25) is 0 Å². The van der Waals surface area contributed by atoms with E-state index in [1.807, 2.05) is 0 Å². The van der Waals surface area contributed by atoms with E-state index in [4.69, 9.17) is 0 Å². The van der Waals surface area contributed by atoms with Crippen LogP contribution in [0.3, 0.4) is 0 Å². The Bertz CT molecular complexity index is 340. The molecule has 0 spiro atoms. The predicted molar refractivity (Wildman–Crippen MR) is 77.5 cm³/mol. The highest BCUT2D eigenvalue weighted by atomic mass is 79.9. The maximum Gasteiger partial charge on any atom is 0.0556 e. The van der Waals surface area contributed by atoms with Gasteiger partial charge < -0.3 is 16.0 Å². The summed E-state index contributed by atoms with van der Waals surface area (Å²) in [7, 11) is 0. The second kappa shape index (κ2) is 7.84. The molecule has 1 aromatic heterocycles. The largest absolute Gasteiger partial charge is 0.317 e. The zero-order valence-corrected chi connectivity index (χ0v) is 12.2. The number of nitrogens with zero attached hydrogens (tertiary/aromatic N) is 1. The first-order valence-electron chi connectivity index (χ1n) is 6.62. The molecule has 4 nitrogen and oxygen atoms in total. The van der Waals surface area contributed by atoms with E-state index in [1.165, 1.54) is 0 Å². The van der Waals surface area contributed by atoms with Crippen molar-refractivity contribution in [3.05, 3.63) is 28.0 Å². The highest BCUT2D eigenvalue weighted by Crippen LogP contribution is 2.13. The fraction of sp³-hybridized carbons (Fsp3) is 0.615. The van der Waals surface area contributed by atoms with Gasteiger partial charge >= 0.3 is 0 Å². The molecule has 0 atom stereocenters. The number of pyridine rings is 1. The van der Waals surface area contributed by atoms with Crippen molar-refractivity contribution in [2.45, 2.75) is 25.9 Å². The molecular weight excluding hydrogens is 292 g/mol. The van der Waals surface area contributed by atoms with Gasteiger partial charge in [-0.15, -0.1) is 0 Å². The van der Waals surface area contributed by atoms with Gasteiger partial charge in [0.05, 0.1) is 11.4 Å². The zero-order chi connectivity index (χ0) is 12.6. The molecule has 2 heterocycles. The average Bonchev–Trinajstić information content (AvgIpc) is 2.34. The molecule has 3 N–H and O–H groups in total. The number of rotatable bonds is 0. The van der Waals surface area contributed by atoms with E-state index in [0.29, 0.717) is 0 Å². The van der Waals surface area contributed by atoms with E-state index in [1.54, 1.807) is 0 Å². The van der Waals surface area contributed by atoms with Gasteiger partial charge in [0.15, 0.2) is 0 Å². The normalized spacial score (nSPS) is 19.2. The smallest absolute Gasteiger partial charge is 0.0556 e. The number of aromatic nitrogens is 1. The summed E-state index contributed by atoms with van der Waals surface area (Å²) in [5, 5.41) is 10.3. The first-order chi connectivity index (χ1) is 8.84. The standard InChI is InChI=1S/C13H21BrN4/c14-11-7-12-9-16-5-1-3-15-4-2-6-17-10-13(8-11)18-12/h7-8,15-17H,1-6,9-10H2. The van der Waals surface area contributed by atoms with Crippen LogP contribution in [0.5, 0.6) is 0 Å². The third-order valence-electron chi connectivity index (χ3n) is 2.92. The van der Waals surface area contributed by atoms with Gasteiger partial charge in [0.1, 0.15) is 0 Å². The Balaban J connectivity index is 1.99. The van der Waals surface area contributed by atoms with Crippen molar-refractivity contribution in [1.82, 2.24) is 20.9 Å². The fourth-order valence-corrected chi connectivity index (χ4v) is 2.55. The van der Waals surface area contributed by atoms with E-state index in [-0.39, 0.29) is 0 Å². The van der Waals surface area contributed by atoms with E-state index in [9.17, 15) is 0 Å². The monoisotopic (exact) mass is 312 g/mol. The van der Waals surface area contributed by atoms with Crippen LogP contribution in [0, 0.1) is 0 Å². The van der Waals surface area contributed by atoms with Crippen LogP contribution >= 0.6 is 15.9 Å².